The van der Waals surface area contributed by atoms with Crippen molar-refractivity contribution in [2.45, 2.75) is 56.8 Å². The van der Waals surface area contributed by atoms with Gasteiger partial charge in [-0.25, -0.2) is 0 Å². The van der Waals surface area contributed by atoms with Crippen molar-refractivity contribution in [3.05, 3.63) is 22.4 Å². The van der Waals surface area contributed by atoms with Gasteiger partial charge in [0.05, 0.1) is 12.6 Å². The van der Waals surface area contributed by atoms with Crippen molar-refractivity contribution < 1.29 is 14.4 Å². The Labute approximate surface area is 162 Å². The third-order valence-electron chi connectivity index (χ3n) is 5.66. The highest BCUT2D eigenvalue weighted by Crippen LogP contribution is 2.30. The fourth-order valence-corrected chi connectivity index (χ4v) is 4.64. The number of nitrogens with one attached hydrogen (secondary N) is 3. The highest BCUT2D eigenvalue weighted by Gasteiger charge is 2.44. The van der Waals surface area contributed by atoms with E-state index in [0.717, 1.165) is 17.7 Å². The molecular weight excluding hydrogens is 364 g/mol. The van der Waals surface area contributed by atoms with Gasteiger partial charge in [-0.05, 0) is 37.1 Å². The summed E-state index contributed by atoms with van der Waals surface area (Å²) >= 11 is 1.63. The number of carbonyl (C=O) groups excluding carboxylic acids is 3. The van der Waals surface area contributed by atoms with E-state index in [1.54, 1.807) is 11.3 Å². The maximum Gasteiger partial charge on any atom is 0.237 e. The summed E-state index contributed by atoms with van der Waals surface area (Å²) in [7, 11) is 0. The summed E-state index contributed by atoms with van der Waals surface area (Å²) in [4.78, 5) is 39.7. The zero-order chi connectivity index (χ0) is 18.8. The van der Waals surface area contributed by atoms with E-state index in [-0.39, 0.29) is 41.8 Å². The molecule has 1 saturated carbocycles. The number of amides is 3. The van der Waals surface area contributed by atoms with Crippen LogP contribution in [0.3, 0.4) is 0 Å². The molecule has 2 aliphatic heterocycles. The van der Waals surface area contributed by atoms with Gasteiger partial charge >= 0.3 is 0 Å². The Balaban J connectivity index is 1.26. The lowest BCUT2D eigenvalue weighted by molar-refractivity contribution is -0.129. The molecule has 8 heteroatoms. The fourth-order valence-electron chi connectivity index (χ4n) is 4.00. The second kappa shape index (κ2) is 7.98. The van der Waals surface area contributed by atoms with Crippen molar-refractivity contribution in [1.29, 1.82) is 0 Å². The fraction of sp³-hybridized carbons (Fsp3) is 0.632. The standard InChI is InChI=1S/C19H26N4O3S/c24-17(20-10-15-2-1-7-27-15)6-5-14-9-21-19(26)16-8-13(11-23(14)16)22-18(25)12-3-4-12/h1-2,7,12-14,16H,3-6,8-11H2,(H,20,24)(H,21,26)(H,22,25)/t13-,14+,16-/m0/s1. The van der Waals surface area contributed by atoms with Crippen LogP contribution in [0.4, 0.5) is 0 Å². The Morgan fingerprint density at radius 2 is 2.19 bits per heavy atom. The van der Waals surface area contributed by atoms with Crippen LogP contribution in [0.25, 0.3) is 0 Å². The van der Waals surface area contributed by atoms with E-state index in [1.165, 1.54) is 0 Å². The first-order valence-electron chi connectivity index (χ1n) is 9.73. The van der Waals surface area contributed by atoms with Crippen LogP contribution in [0.15, 0.2) is 17.5 Å². The highest BCUT2D eigenvalue weighted by molar-refractivity contribution is 7.09. The molecule has 3 aliphatic rings. The first-order valence-corrected chi connectivity index (χ1v) is 10.6. The van der Waals surface area contributed by atoms with Crippen molar-refractivity contribution in [3.63, 3.8) is 0 Å². The molecule has 0 spiro atoms. The number of fused-ring (bicyclic) bond motifs is 1. The van der Waals surface area contributed by atoms with E-state index in [1.807, 2.05) is 17.5 Å². The van der Waals surface area contributed by atoms with Gasteiger partial charge in [0.15, 0.2) is 0 Å². The predicted octanol–water partition coefficient (Wildman–Crippen LogP) is 0.612. The number of thiophene rings is 1. The van der Waals surface area contributed by atoms with Crippen LogP contribution in [0.1, 0.15) is 37.0 Å². The maximum absolute atomic E-state index is 12.2. The maximum atomic E-state index is 12.2. The van der Waals surface area contributed by atoms with Crippen molar-refractivity contribution in [2.24, 2.45) is 5.92 Å². The minimum absolute atomic E-state index is 0.0297. The minimum Gasteiger partial charge on any atom is -0.353 e. The van der Waals surface area contributed by atoms with Gasteiger partial charge in [-0.2, -0.15) is 0 Å². The zero-order valence-corrected chi connectivity index (χ0v) is 16.1. The van der Waals surface area contributed by atoms with Gasteiger partial charge in [0, 0.05) is 42.4 Å². The topological polar surface area (TPSA) is 90.5 Å². The lowest BCUT2D eigenvalue weighted by Crippen LogP contribution is -2.58. The van der Waals surface area contributed by atoms with E-state index in [2.05, 4.69) is 20.9 Å². The monoisotopic (exact) mass is 390 g/mol. The number of nitrogens with zero attached hydrogens (tertiary/aromatic N) is 1. The quantitative estimate of drug-likeness (QED) is 0.636. The van der Waals surface area contributed by atoms with Gasteiger partial charge in [0.25, 0.3) is 0 Å². The summed E-state index contributed by atoms with van der Waals surface area (Å²) in [5, 5.41) is 11.0. The molecule has 146 valence electrons. The first kappa shape index (κ1) is 18.4. The number of rotatable bonds is 7. The van der Waals surface area contributed by atoms with Crippen LogP contribution in [-0.4, -0.2) is 53.8 Å². The SMILES string of the molecule is O=C(CC[C@@H]1CNC(=O)[C@@H]2C[C@H](NC(=O)C3CC3)CN12)NCc1cccs1. The van der Waals surface area contributed by atoms with Crippen LogP contribution in [0.5, 0.6) is 0 Å². The second-order valence-corrected chi connectivity index (χ2v) is 8.75. The summed E-state index contributed by atoms with van der Waals surface area (Å²) in [6.45, 7) is 1.83. The Kier molecular flexibility index (Phi) is 5.45. The average Bonchev–Trinajstić information content (AvgIpc) is 3.21. The lowest BCUT2D eigenvalue weighted by Gasteiger charge is -2.37. The zero-order valence-electron chi connectivity index (χ0n) is 15.3. The third-order valence-corrected chi connectivity index (χ3v) is 6.54. The van der Waals surface area contributed by atoms with Crippen LogP contribution >= 0.6 is 11.3 Å². The lowest BCUT2D eigenvalue weighted by atomic mass is 10.0. The smallest absolute Gasteiger partial charge is 0.237 e. The van der Waals surface area contributed by atoms with Gasteiger partial charge < -0.3 is 16.0 Å². The van der Waals surface area contributed by atoms with Crippen molar-refractivity contribution >= 4 is 29.1 Å². The highest BCUT2D eigenvalue weighted by atomic mass is 32.1. The number of hydrogen-bond donors (Lipinski definition) is 3. The van der Waals surface area contributed by atoms with Crippen molar-refractivity contribution in [2.75, 3.05) is 13.1 Å². The van der Waals surface area contributed by atoms with Gasteiger partial charge in [0.2, 0.25) is 17.7 Å². The molecule has 2 saturated heterocycles. The molecular formula is C19H26N4O3S. The van der Waals surface area contributed by atoms with E-state index >= 15 is 0 Å². The van der Waals surface area contributed by atoms with Crippen molar-refractivity contribution in [1.82, 2.24) is 20.9 Å². The Bertz CT molecular complexity index is 704. The summed E-state index contributed by atoms with van der Waals surface area (Å²) in [5.41, 5.74) is 0. The van der Waals surface area contributed by atoms with E-state index in [9.17, 15) is 14.4 Å². The Morgan fingerprint density at radius 1 is 1.33 bits per heavy atom. The Hall–Kier alpha value is -1.93. The molecule has 3 amide bonds. The molecule has 1 aromatic heterocycles. The summed E-state index contributed by atoms with van der Waals surface area (Å²) < 4.78 is 0. The molecule has 0 radical (unpaired) electrons. The van der Waals surface area contributed by atoms with Gasteiger partial charge in [-0.1, -0.05) is 6.07 Å². The summed E-state index contributed by atoms with van der Waals surface area (Å²) in [5.74, 6) is 0.384. The normalized spacial score (nSPS) is 27.7. The molecule has 3 N–H and O–H groups in total. The van der Waals surface area contributed by atoms with Crippen LogP contribution < -0.4 is 16.0 Å². The number of hydrogen-bond acceptors (Lipinski definition) is 5. The molecule has 3 heterocycles. The van der Waals surface area contributed by atoms with Crippen LogP contribution in [0, 0.1) is 5.92 Å². The van der Waals surface area contributed by atoms with Crippen molar-refractivity contribution in [3.8, 4) is 0 Å². The van der Waals surface area contributed by atoms with Gasteiger partial charge in [-0.15, -0.1) is 11.3 Å². The Morgan fingerprint density at radius 3 is 2.93 bits per heavy atom. The molecule has 3 atom stereocenters. The van der Waals surface area contributed by atoms with Crippen LogP contribution in [-0.2, 0) is 20.9 Å². The molecule has 0 bridgehead atoms. The molecule has 7 nitrogen and oxygen atoms in total. The molecule has 3 fully saturated rings. The molecule has 1 aromatic rings. The molecule has 1 aliphatic carbocycles. The number of piperazine rings is 1. The largest absolute Gasteiger partial charge is 0.353 e. The molecule has 0 unspecified atom stereocenters. The van der Waals surface area contributed by atoms with E-state index in [0.29, 0.717) is 38.9 Å². The predicted molar refractivity (Wildman–Crippen MR) is 102 cm³/mol. The summed E-state index contributed by atoms with van der Waals surface area (Å²) in [6.07, 6.45) is 3.76. The van der Waals surface area contributed by atoms with E-state index < -0.39 is 0 Å². The van der Waals surface area contributed by atoms with Gasteiger partial charge in [0.1, 0.15) is 0 Å². The van der Waals surface area contributed by atoms with E-state index in [4.69, 9.17) is 0 Å². The molecule has 27 heavy (non-hydrogen) atoms. The molecule has 4 rings (SSSR count). The summed E-state index contributed by atoms with van der Waals surface area (Å²) in [6, 6.07) is 3.96. The molecule has 0 aromatic carbocycles. The second-order valence-electron chi connectivity index (χ2n) is 7.72. The van der Waals surface area contributed by atoms with Crippen LogP contribution in [0.2, 0.25) is 0 Å². The third kappa shape index (κ3) is 4.50. The first-order chi connectivity index (χ1) is 13.1. The minimum atomic E-state index is -0.192. The average molecular weight is 391 g/mol. The number of carbonyl (C=O) groups is 3. The van der Waals surface area contributed by atoms with Gasteiger partial charge in [-0.3, -0.25) is 19.3 Å².